The van der Waals surface area contributed by atoms with E-state index in [9.17, 15) is 0 Å². The first-order valence-corrected chi connectivity index (χ1v) is 7.57. The van der Waals surface area contributed by atoms with Crippen molar-refractivity contribution in [2.75, 3.05) is 6.61 Å². The molecule has 0 bridgehead atoms. The summed E-state index contributed by atoms with van der Waals surface area (Å²) in [6, 6.07) is 18.2. The van der Waals surface area contributed by atoms with E-state index in [4.69, 9.17) is 10.00 Å². The normalized spacial score (nSPS) is 11.7. The molecule has 0 saturated carbocycles. The minimum Gasteiger partial charge on any atom is -0.478 e. The van der Waals surface area contributed by atoms with Gasteiger partial charge in [-0.2, -0.15) is 5.26 Å². The van der Waals surface area contributed by atoms with E-state index in [-0.39, 0.29) is 12.6 Å². The van der Waals surface area contributed by atoms with Gasteiger partial charge in [0.05, 0.1) is 0 Å². The van der Waals surface area contributed by atoms with Crippen molar-refractivity contribution in [3.63, 3.8) is 0 Å². The van der Waals surface area contributed by atoms with E-state index in [1.807, 2.05) is 48.5 Å². The Labute approximate surface area is 133 Å². The first-order valence-electron chi connectivity index (χ1n) is 6.78. The van der Waals surface area contributed by atoms with Gasteiger partial charge in [0.25, 0.3) is 0 Å². The standard InChI is InChI=1S/C17H17BrN2O/c1-13(15-7-3-4-8-16(15)18)20-12-14-6-2-5-9-17(14)21-11-10-19/h2-9,13,20H,11-12H2,1H3. The number of ether oxygens (including phenoxy) is 1. The van der Waals surface area contributed by atoms with Crippen molar-refractivity contribution in [1.29, 1.82) is 5.26 Å². The molecule has 0 aliphatic heterocycles. The fourth-order valence-corrected chi connectivity index (χ4v) is 2.73. The molecular weight excluding hydrogens is 328 g/mol. The summed E-state index contributed by atoms with van der Waals surface area (Å²) in [5.41, 5.74) is 2.26. The number of para-hydroxylation sites is 1. The number of nitriles is 1. The van der Waals surface area contributed by atoms with Gasteiger partial charge in [-0.25, -0.2) is 0 Å². The van der Waals surface area contributed by atoms with Crippen molar-refractivity contribution in [1.82, 2.24) is 5.32 Å². The first-order chi connectivity index (χ1) is 10.2. The van der Waals surface area contributed by atoms with E-state index >= 15 is 0 Å². The Balaban J connectivity index is 2.03. The Kier molecular flexibility index (Phi) is 5.79. The molecule has 2 aromatic rings. The van der Waals surface area contributed by atoms with Gasteiger partial charge in [0, 0.05) is 22.6 Å². The van der Waals surface area contributed by atoms with Gasteiger partial charge in [0.15, 0.2) is 6.61 Å². The Hall–Kier alpha value is -1.83. The molecule has 21 heavy (non-hydrogen) atoms. The average molecular weight is 345 g/mol. The fraction of sp³-hybridized carbons (Fsp3) is 0.235. The molecule has 0 spiro atoms. The van der Waals surface area contributed by atoms with Crippen LogP contribution >= 0.6 is 15.9 Å². The molecule has 0 saturated heterocycles. The molecule has 2 aromatic carbocycles. The SMILES string of the molecule is CC(NCc1ccccc1OCC#N)c1ccccc1Br. The van der Waals surface area contributed by atoms with Crippen LogP contribution in [0.3, 0.4) is 0 Å². The number of nitrogens with zero attached hydrogens (tertiary/aromatic N) is 1. The third kappa shape index (κ3) is 4.32. The third-order valence-electron chi connectivity index (χ3n) is 3.24. The number of hydrogen-bond acceptors (Lipinski definition) is 3. The van der Waals surface area contributed by atoms with E-state index in [1.54, 1.807) is 0 Å². The summed E-state index contributed by atoms with van der Waals surface area (Å²) in [6.45, 7) is 2.87. The largest absolute Gasteiger partial charge is 0.478 e. The fourth-order valence-electron chi connectivity index (χ4n) is 2.10. The molecule has 1 atom stereocenters. The molecule has 108 valence electrons. The maximum atomic E-state index is 8.62. The molecule has 0 amide bonds. The van der Waals surface area contributed by atoms with Crippen LogP contribution < -0.4 is 10.1 Å². The molecule has 3 nitrogen and oxygen atoms in total. The summed E-state index contributed by atoms with van der Waals surface area (Å²) in [7, 11) is 0. The highest BCUT2D eigenvalue weighted by molar-refractivity contribution is 9.10. The number of benzene rings is 2. The molecule has 1 unspecified atom stereocenters. The zero-order chi connectivity index (χ0) is 15.1. The topological polar surface area (TPSA) is 45.0 Å². The zero-order valence-corrected chi connectivity index (χ0v) is 13.4. The monoisotopic (exact) mass is 344 g/mol. The first kappa shape index (κ1) is 15.6. The number of halogens is 1. The second kappa shape index (κ2) is 7.82. The molecule has 0 heterocycles. The van der Waals surface area contributed by atoms with Crippen LogP contribution in [0, 0.1) is 11.3 Å². The van der Waals surface area contributed by atoms with Gasteiger partial charge in [-0.1, -0.05) is 52.3 Å². The van der Waals surface area contributed by atoms with E-state index in [0.29, 0.717) is 6.54 Å². The lowest BCUT2D eigenvalue weighted by atomic mass is 10.1. The summed E-state index contributed by atoms with van der Waals surface area (Å²) in [5, 5.41) is 12.1. The number of rotatable bonds is 6. The lowest BCUT2D eigenvalue weighted by molar-refractivity contribution is 0.361. The Morgan fingerprint density at radius 3 is 2.67 bits per heavy atom. The summed E-state index contributed by atoms with van der Waals surface area (Å²) in [4.78, 5) is 0. The van der Waals surface area contributed by atoms with Crippen LogP contribution in [0.25, 0.3) is 0 Å². The van der Waals surface area contributed by atoms with Crippen LogP contribution in [0.2, 0.25) is 0 Å². The van der Waals surface area contributed by atoms with Gasteiger partial charge < -0.3 is 10.1 Å². The van der Waals surface area contributed by atoms with Crippen LogP contribution in [0.5, 0.6) is 5.75 Å². The highest BCUT2D eigenvalue weighted by Crippen LogP contribution is 2.24. The average Bonchev–Trinajstić information content (AvgIpc) is 2.52. The molecular formula is C17H17BrN2O. The van der Waals surface area contributed by atoms with E-state index in [0.717, 1.165) is 15.8 Å². The lowest BCUT2D eigenvalue weighted by Crippen LogP contribution is -2.19. The molecule has 0 aromatic heterocycles. The zero-order valence-electron chi connectivity index (χ0n) is 11.8. The second-order valence-electron chi connectivity index (χ2n) is 4.68. The van der Waals surface area contributed by atoms with Crippen molar-refractivity contribution in [2.45, 2.75) is 19.5 Å². The van der Waals surface area contributed by atoms with Gasteiger partial charge in [-0.15, -0.1) is 0 Å². The van der Waals surface area contributed by atoms with Crippen molar-refractivity contribution in [3.8, 4) is 11.8 Å². The van der Waals surface area contributed by atoms with Crippen molar-refractivity contribution >= 4 is 15.9 Å². The van der Waals surface area contributed by atoms with Gasteiger partial charge in [-0.3, -0.25) is 0 Å². The Morgan fingerprint density at radius 2 is 1.90 bits per heavy atom. The van der Waals surface area contributed by atoms with Crippen LogP contribution in [0.1, 0.15) is 24.1 Å². The molecule has 0 fully saturated rings. The summed E-state index contributed by atoms with van der Waals surface area (Å²) < 4.78 is 6.53. The molecule has 0 aliphatic carbocycles. The maximum Gasteiger partial charge on any atom is 0.174 e. The van der Waals surface area contributed by atoms with Gasteiger partial charge >= 0.3 is 0 Å². The molecule has 0 radical (unpaired) electrons. The van der Waals surface area contributed by atoms with Crippen LogP contribution in [-0.2, 0) is 6.54 Å². The molecule has 2 rings (SSSR count). The Bertz CT molecular complexity index is 637. The van der Waals surface area contributed by atoms with Crippen LogP contribution in [0.4, 0.5) is 0 Å². The minimum atomic E-state index is 0.0663. The number of hydrogen-bond donors (Lipinski definition) is 1. The second-order valence-corrected chi connectivity index (χ2v) is 5.53. The predicted molar refractivity (Wildman–Crippen MR) is 86.9 cm³/mol. The molecule has 1 N–H and O–H groups in total. The Morgan fingerprint density at radius 1 is 1.19 bits per heavy atom. The minimum absolute atomic E-state index is 0.0663. The van der Waals surface area contributed by atoms with E-state index in [1.165, 1.54) is 5.56 Å². The van der Waals surface area contributed by atoms with Gasteiger partial charge in [-0.05, 0) is 24.6 Å². The molecule has 0 aliphatic rings. The highest BCUT2D eigenvalue weighted by Gasteiger charge is 2.09. The van der Waals surface area contributed by atoms with E-state index in [2.05, 4.69) is 34.2 Å². The summed E-state index contributed by atoms with van der Waals surface area (Å²) >= 11 is 3.57. The van der Waals surface area contributed by atoms with Crippen molar-refractivity contribution < 1.29 is 4.74 Å². The van der Waals surface area contributed by atoms with Crippen LogP contribution in [-0.4, -0.2) is 6.61 Å². The number of nitrogens with one attached hydrogen (secondary N) is 1. The summed E-state index contributed by atoms with van der Waals surface area (Å²) in [5.74, 6) is 0.755. The third-order valence-corrected chi connectivity index (χ3v) is 3.96. The van der Waals surface area contributed by atoms with Crippen LogP contribution in [0.15, 0.2) is 53.0 Å². The van der Waals surface area contributed by atoms with Gasteiger partial charge in [0.2, 0.25) is 0 Å². The summed E-state index contributed by atoms with van der Waals surface area (Å²) in [6.07, 6.45) is 0. The lowest BCUT2D eigenvalue weighted by Gasteiger charge is -2.17. The van der Waals surface area contributed by atoms with E-state index < -0.39 is 0 Å². The quantitative estimate of drug-likeness (QED) is 0.853. The van der Waals surface area contributed by atoms with Crippen molar-refractivity contribution in [3.05, 3.63) is 64.1 Å². The molecule has 4 heteroatoms. The predicted octanol–water partition coefficient (Wildman–Crippen LogP) is 4.20. The van der Waals surface area contributed by atoms with Gasteiger partial charge in [0.1, 0.15) is 11.8 Å². The maximum absolute atomic E-state index is 8.62. The van der Waals surface area contributed by atoms with Crippen molar-refractivity contribution in [2.24, 2.45) is 0 Å². The smallest absolute Gasteiger partial charge is 0.174 e. The highest BCUT2D eigenvalue weighted by atomic mass is 79.9.